The van der Waals surface area contributed by atoms with Gasteiger partial charge in [0.05, 0.1) is 0 Å². The van der Waals surface area contributed by atoms with Gasteiger partial charge in [-0.15, -0.1) is 0 Å². The lowest BCUT2D eigenvalue weighted by Crippen LogP contribution is -1.99. The van der Waals surface area contributed by atoms with Gasteiger partial charge in [-0.2, -0.15) is 0 Å². The molecule has 0 radical (unpaired) electrons. The molecule has 74 valence electrons. The van der Waals surface area contributed by atoms with E-state index in [-0.39, 0.29) is 11.5 Å². The van der Waals surface area contributed by atoms with Gasteiger partial charge in [-0.05, 0) is 33.3 Å². The summed E-state index contributed by atoms with van der Waals surface area (Å²) >= 11 is 0. The molecule has 2 N–H and O–H groups in total. The Hall–Kier alpha value is -1.26. The van der Waals surface area contributed by atoms with Gasteiger partial charge in [-0.25, -0.2) is 5.26 Å². The largest absolute Gasteiger partial charge is 0.508 e. The van der Waals surface area contributed by atoms with Crippen molar-refractivity contribution >= 4 is 0 Å². The highest BCUT2D eigenvalue weighted by atomic mass is 17.1. The summed E-state index contributed by atoms with van der Waals surface area (Å²) < 4.78 is 0. The highest BCUT2D eigenvalue weighted by molar-refractivity contribution is 5.31. The van der Waals surface area contributed by atoms with Crippen molar-refractivity contribution in [3.8, 4) is 11.5 Å². The third kappa shape index (κ3) is 7.11. The van der Waals surface area contributed by atoms with Crippen LogP contribution < -0.4 is 4.89 Å². The number of aromatic hydroxyl groups is 1. The number of hydrogen-bond donors (Lipinski definition) is 2. The first kappa shape index (κ1) is 11.7. The number of phenols is 1. The molecule has 0 aliphatic carbocycles. The van der Waals surface area contributed by atoms with Gasteiger partial charge in [0.1, 0.15) is 5.75 Å². The maximum Gasteiger partial charge on any atom is 0.168 e. The second-order valence-corrected chi connectivity index (χ2v) is 2.93. The molecule has 0 amide bonds. The molecule has 1 aromatic rings. The molecule has 0 aliphatic heterocycles. The smallest absolute Gasteiger partial charge is 0.168 e. The van der Waals surface area contributed by atoms with Crippen LogP contribution >= 0.6 is 0 Å². The van der Waals surface area contributed by atoms with E-state index in [0.717, 1.165) is 0 Å². The second kappa shape index (κ2) is 6.28. The Morgan fingerprint density at radius 1 is 1.23 bits per heavy atom. The van der Waals surface area contributed by atoms with Crippen LogP contribution in [0.5, 0.6) is 11.5 Å². The minimum Gasteiger partial charge on any atom is -0.508 e. The maximum absolute atomic E-state index is 8.75. The van der Waals surface area contributed by atoms with Crippen LogP contribution in [0.25, 0.3) is 0 Å². The minimum atomic E-state index is 0.0709. The van der Waals surface area contributed by atoms with Crippen molar-refractivity contribution in [3.63, 3.8) is 0 Å². The van der Waals surface area contributed by atoms with Gasteiger partial charge in [0.15, 0.2) is 5.75 Å². The van der Waals surface area contributed by atoms with Crippen molar-refractivity contribution in [1.82, 2.24) is 4.90 Å². The molecule has 0 fully saturated rings. The lowest BCUT2D eigenvalue weighted by molar-refractivity contribution is -0.137. The third-order valence-corrected chi connectivity index (χ3v) is 0.923. The summed E-state index contributed by atoms with van der Waals surface area (Å²) in [7, 11) is 6.00. The van der Waals surface area contributed by atoms with Crippen molar-refractivity contribution in [1.29, 1.82) is 0 Å². The van der Waals surface area contributed by atoms with Crippen molar-refractivity contribution in [3.05, 3.63) is 24.3 Å². The molecule has 4 heteroatoms. The highest BCUT2D eigenvalue weighted by Gasteiger charge is 1.90. The number of rotatable bonds is 1. The molecular weight excluding hydrogens is 170 g/mol. The fourth-order valence-electron chi connectivity index (χ4n) is 0.540. The molecule has 0 saturated carbocycles. The summed E-state index contributed by atoms with van der Waals surface area (Å²) in [6, 6.07) is 5.89. The Morgan fingerprint density at radius 3 is 2.08 bits per heavy atom. The van der Waals surface area contributed by atoms with E-state index in [2.05, 4.69) is 4.89 Å². The molecule has 0 saturated heterocycles. The summed E-state index contributed by atoms with van der Waals surface area (Å²) in [5, 5.41) is 16.8. The van der Waals surface area contributed by atoms with Crippen LogP contribution in [0.2, 0.25) is 0 Å². The molecule has 13 heavy (non-hydrogen) atoms. The zero-order valence-electron chi connectivity index (χ0n) is 8.06. The van der Waals surface area contributed by atoms with Gasteiger partial charge in [0, 0.05) is 6.07 Å². The van der Waals surface area contributed by atoms with E-state index in [0.29, 0.717) is 0 Å². The monoisotopic (exact) mass is 185 g/mol. The van der Waals surface area contributed by atoms with Crippen LogP contribution in [0.4, 0.5) is 0 Å². The molecule has 0 heterocycles. The molecule has 1 aromatic carbocycles. The first-order valence-electron chi connectivity index (χ1n) is 3.77. The van der Waals surface area contributed by atoms with E-state index in [1.165, 1.54) is 18.2 Å². The lowest BCUT2D eigenvalue weighted by atomic mass is 10.3. The summed E-state index contributed by atoms with van der Waals surface area (Å²) in [6.45, 7) is 0. The summed E-state index contributed by atoms with van der Waals surface area (Å²) in [6.07, 6.45) is 0. The molecule has 0 aliphatic rings. The highest BCUT2D eigenvalue weighted by Crippen LogP contribution is 2.16. The normalized spacial score (nSPS) is 9.00. The molecule has 4 nitrogen and oxygen atoms in total. The Kier molecular flexibility index (Phi) is 5.67. The zero-order valence-corrected chi connectivity index (χ0v) is 8.06. The Balaban J connectivity index is 0.000000310. The van der Waals surface area contributed by atoms with Gasteiger partial charge < -0.3 is 14.9 Å². The molecule has 1 rings (SSSR count). The van der Waals surface area contributed by atoms with Crippen molar-refractivity contribution in [2.75, 3.05) is 21.1 Å². The third-order valence-electron chi connectivity index (χ3n) is 0.923. The Labute approximate surface area is 77.9 Å². The first-order valence-corrected chi connectivity index (χ1v) is 3.77. The van der Waals surface area contributed by atoms with E-state index >= 15 is 0 Å². The fraction of sp³-hybridized carbons (Fsp3) is 0.333. The lowest BCUT2D eigenvalue weighted by Gasteiger charge is -1.94. The Bertz CT molecular complexity index is 235. The minimum absolute atomic E-state index is 0.0709. The van der Waals surface area contributed by atoms with Crippen molar-refractivity contribution in [2.45, 2.75) is 0 Å². The quantitative estimate of drug-likeness (QED) is 0.513. The predicted octanol–water partition coefficient (Wildman–Crippen LogP) is 1.42. The van der Waals surface area contributed by atoms with Crippen LogP contribution in [-0.2, 0) is 0 Å². The SMILES string of the molecule is CN(C)C.OOc1cccc(O)c1. The average Bonchev–Trinajstić information content (AvgIpc) is 2.03. The number of hydrogen-bond acceptors (Lipinski definition) is 4. The van der Waals surface area contributed by atoms with E-state index in [4.69, 9.17) is 10.4 Å². The van der Waals surface area contributed by atoms with E-state index < -0.39 is 0 Å². The van der Waals surface area contributed by atoms with Crippen molar-refractivity contribution in [2.24, 2.45) is 0 Å². The second-order valence-electron chi connectivity index (χ2n) is 2.93. The number of nitrogens with zero attached hydrogens (tertiary/aromatic N) is 1. The maximum atomic E-state index is 8.75. The summed E-state index contributed by atoms with van der Waals surface area (Å²) in [5.74, 6) is 0.302. The molecule has 0 spiro atoms. The van der Waals surface area contributed by atoms with Gasteiger partial charge >= 0.3 is 0 Å². The fourth-order valence-corrected chi connectivity index (χ4v) is 0.540. The molecular formula is C9H15NO3. The Morgan fingerprint density at radius 2 is 1.77 bits per heavy atom. The van der Waals surface area contributed by atoms with Crippen LogP contribution in [0.15, 0.2) is 24.3 Å². The van der Waals surface area contributed by atoms with Gasteiger partial charge in [0.25, 0.3) is 0 Å². The van der Waals surface area contributed by atoms with E-state index in [1.54, 1.807) is 6.07 Å². The van der Waals surface area contributed by atoms with Crippen LogP contribution in [0.1, 0.15) is 0 Å². The van der Waals surface area contributed by atoms with Crippen LogP contribution in [-0.4, -0.2) is 36.4 Å². The van der Waals surface area contributed by atoms with Gasteiger partial charge in [-0.3, -0.25) is 0 Å². The molecule has 0 aromatic heterocycles. The van der Waals surface area contributed by atoms with Crippen LogP contribution in [0.3, 0.4) is 0 Å². The first-order chi connectivity index (χ1) is 6.06. The zero-order chi connectivity index (χ0) is 10.3. The number of benzene rings is 1. The molecule has 0 bridgehead atoms. The van der Waals surface area contributed by atoms with Crippen molar-refractivity contribution < 1.29 is 15.3 Å². The van der Waals surface area contributed by atoms with Gasteiger partial charge in [0.2, 0.25) is 0 Å². The standard InChI is InChI=1S/C6H6O3.C3H9N/c7-5-2-1-3-6(4-5)9-8;1-4(2)3/h1-4,7-8H;1-3H3. The summed E-state index contributed by atoms with van der Waals surface area (Å²) in [4.78, 5) is 5.84. The van der Waals surface area contributed by atoms with Crippen LogP contribution in [0, 0.1) is 0 Å². The molecule has 0 atom stereocenters. The number of phenolic OH excluding ortho intramolecular Hbond substituents is 1. The predicted molar refractivity (Wildman–Crippen MR) is 51.0 cm³/mol. The molecule has 0 unspecified atom stereocenters. The van der Waals surface area contributed by atoms with Gasteiger partial charge in [-0.1, -0.05) is 6.07 Å². The summed E-state index contributed by atoms with van der Waals surface area (Å²) in [5.41, 5.74) is 0. The average molecular weight is 185 g/mol. The topological polar surface area (TPSA) is 52.9 Å². The van der Waals surface area contributed by atoms with E-state index in [9.17, 15) is 0 Å². The van der Waals surface area contributed by atoms with E-state index in [1.807, 2.05) is 26.0 Å².